The Labute approximate surface area is 289 Å². The zero-order valence-electron chi connectivity index (χ0n) is 28.8. The number of hydrogen-bond acceptors (Lipinski definition) is 10. The van der Waals surface area contributed by atoms with E-state index in [0.717, 1.165) is 31.2 Å². The van der Waals surface area contributed by atoms with Gasteiger partial charge in [-0.1, -0.05) is 98.6 Å². The number of rotatable bonds is 1. The minimum absolute atomic E-state index is 0. The number of benzene rings is 1. The molecule has 6 aliphatic heterocycles. The summed E-state index contributed by atoms with van der Waals surface area (Å²) in [6, 6.07) is 9.46. The standard InChI is InChI=1S/C14H13O5.C11H14O5.2C3H8.2C2H6.Tc/c1-14(8-5-3-2-4-6-8)18-12-11-9(7-10(15)17-11)16-13(12)19-14;12-7-5-6-8(14-7)9-10(13-6)16-11(15-9)3-1-2-4-11;2*1-3-2;2*1-2;/h2-6,9,11-13H,1,7H2;6,8-10H,1-5H2;2*3H2,1-2H3;2*1-2H3;/q-1;;;;;;. The molecule has 1 aromatic rings. The van der Waals surface area contributed by atoms with Gasteiger partial charge in [-0.2, -0.15) is 0 Å². The van der Waals surface area contributed by atoms with Gasteiger partial charge in [0.2, 0.25) is 0 Å². The van der Waals surface area contributed by atoms with Gasteiger partial charge in [0.05, 0.1) is 18.6 Å². The van der Waals surface area contributed by atoms with Gasteiger partial charge in [0.1, 0.15) is 18.3 Å². The fourth-order valence-electron chi connectivity index (χ4n) is 6.07. The zero-order valence-corrected chi connectivity index (χ0v) is 30.7. The van der Waals surface area contributed by atoms with Crippen molar-refractivity contribution >= 4 is 11.9 Å². The van der Waals surface area contributed by atoms with E-state index in [0.29, 0.717) is 6.42 Å². The summed E-state index contributed by atoms with van der Waals surface area (Å²) in [4.78, 5) is 22.4. The van der Waals surface area contributed by atoms with Crippen LogP contribution in [0.5, 0.6) is 0 Å². The molecule has 1 spiro atoms. The van der Waals surface area contributed by atoms with Crippen LogP contribution >= 0.6 is 0 Å². The van der Waals surface area contributed by atoms with Crippen LogP contribution in [0.3, 0.4) is 0 Å². The molecular formula is C35H55O10Tc-. The maximum Gasteiger partial charge on any atom is 0.309 e. The quantitative estimate of drug-likeness (QED) is 0.228. The molecule has 1 aromatic carbocycles. The van der Waals surface area contributed by atoms with Crippen LogP contribution < -0.4 is 0 Å². The van der Waals surface area contributed by atoms with E-state index in [-0.39, 0.29) is 75.3 Å². The van der Waals surface area contributed by atoms with Crippen molar-refractivity contribution in [2.75, 3.05) is 0 Å². The fourth-order valence-corrected chi connectivity index (χ4v) is 6.07. The molecule has 9 unspecified atom stereocenters. The van der Waals surface area contributed by atoms with Gasteiger partial charge in [-0.3, -0.25) is 16.5 Å². The molecular weight excluding hydrogens is 678 g/mol. The Bertz CT molecular complexity index is 1050. The second-order valence-electron chi connectivity index (χ2n) is 11.5. The Balaban J connectivity index is 0.000000249. The first-order valence-electron chi connectivity index (χ1n) is 17.1. The van der Waals surface area contributed by atoms with Crippen LogP contribution in [0.2, 0.25) is 0 Å². The second kappa shape index (κ2) is 18.9. The Morgan fingerprint density at radius 2 is 1.11 bits per heavy atom. The summed E-state index contributed by atoms with van der Waals surface area (Å²) in [6.45, 7) is 20.5. The molecule has 0 N–H and O–H groups in total. The molecule has 8 rings (SSSR count). The summed E-state index contributed by atoms with van der Waals surface area (Å²) in [6.07, 6.45) is 4.67. The number of ether oxygens (including phenoxy) is 8. The van der Waals surface area contributed by atoms with Crippen molar-refractivity contribution in [2.45, 2.75) is 168 Å². The van der Waals surface area contributed by atoms with Crippen LogP contribution in [-0.2, 0) is 73.4 Å². The summed E-state index contributed by atoms with van der Waals surface area (Å²) in [5.74, 6) is -1.99. The molecule has 1 aliphatic carbocycles. The molecule has 10 nitrogen and oxygen atoms in total. The van der Waals surface area contributed by atoms with Gasteiger partial charge in [0.15, 0.2) is 36.7 Å². The summed E-state index contributed by atoms with van der Waals surface area (Å²) in [7, 11) is 0. The smallest absolute Gasteiger partial charge is 0.309 e. The van der Waals surface area contributed by atoms with Crippen LogP contribution in [0, 0.1) is 6.92 Å². The van der Waals surface area contributed by atoms with Crippen molar-refractivity contribution in [2.24, 2.45) is 0 Å². The SMILES string of the molecule is CC.CC.CCC.CCC.O=C1CC2OC3OC4(CCCC4)OC3C2O1.[CH2-]C1(c2ccccc2)OC2OC3CC(=O)OC3C2O1.[Tc]. The van der Waals surface area contributed by atoms with Gasteiger partial charge >= 0.3 is 11.9 Å². The fraction of sp³-hybridized carbons (Fsp3) is 0.743. The number of hydrogen-bond donors (Lipinski definition) is 0. The van der Waals surface area contributed by atoms with Gasteiger partial charge in [-0.05, 0) is 18.4 Å². The maximum atomic E-state index is 11.3. The predicted molar refractivity (Wildman–Crippen MR) is 168 cm³/mol. The Morgan fingerprint density at radius 3 is 1.59 bits per heavy atom. The molecule has 1 saturated carbocycles. The van der Waals surface area contributed by atoms with Crippen molar-refractivity contribution < 1.29 is 67.6 Å². The molecule has 6 saturated heterocycles. The topological polar surface area (TPSA) is 108 Å². The van der Waals surface area contributed by atoms with Gasteiger partial charge in [-0.15, -0.1) is 0 Å². The average Bonchev–Trinajstić information content (AvgIpc) is 3.89. The van der Waals surface area contributed by atoms with Crippen LogP contribution in [-0.4, -0.2) is 66.9 Å². The molecule has 11 heteroatoms. The first kappa shape index (κ1) is 40.7. The Kier molecular flexibility index (Phi) is 16.8. The zero-order chi connectivity index (χ0) is 33.2. The minimum atomic E-state index is -1.10. The van der Waals surface area contributed by atoms with E-state index in [1.54, 1.807) is 0 Å². The van der Waals surface area contributed by atoms with Crippen LogP contribution in [0.1, 0.15) is 112 Å². The van der Waals surface area contributed by atoms with Crippen molar-refractivity contribution in [3.05, 3.63) is 42.8 Å². The van der Waals surface area contributed by atoms with Crippen molar-refractivity contribution in [3.8, 4) is 0 Å². The number of carbonyl (C=O) groups excluding carboxylic acids is 2. The van der Waals surface area contributed by atoms with Crippen LogP contribution in [0.4, 0.5) is 0 Å². The number of fused-ring (bicyclic) bond motifs is 6. The first-order chi connectivity index (χ1) is 21.7. The molecule has 0 amide bonds. The molecule has 1 radical (unpaired) electrons. The molecule has 0 aromatic heterocycles. The van der Waals surface area contributed by atoms with Gasteiger partial charge in [0.25, 0.3) is 0 Å². The van der Waals surface area contributed by atoms with E-state index < -0.39 is 24.0 Å². The van der Waals surface area contributed by atoms with E-state index in [1.807, 2.05) is 58.0 Å². The van der Waals surface area contributed by atoms with Gasteiger partial charge in [0, 0.05) is 32.9 Å². The third kappa shape index (κ3) is 9.17. The van der Waals surface area contributed by atoms with E-state index >= 15 is 0 Å². The van der Waals surface area contributed by atoms with Crippen molar-refractivity contribution in [1.82, 2.24) is 0 Å². The van der Waals surface area contributed by atoms with Gasteiger partial charge < -0.3 is 37.9 Å². The molecule has 263 valence electrons. The normalized spacial score (nSPS) is 36.0. The van der Waals surface area contributed by atoms with Gasteiger partial charge in [-0.25, -0.2) is 0 Å². The predicted octanol–water partition coefficient (Wildman–Crippen LogP) is 6.72. The molecule has 7 aliphatic rings. The van der Waals surface area contributed by atoms with E-state index in [2.05, 4.69) is 34.6 Å². The third-order valence-corrected chi connectivity index (χ3v) is 7.70. The van der Waals surface area contributed by atoms with Crippen molar-refractivity contribution in [1.29, 1.82) is 0 Å². The Hall–Kier alpha value is -1.43. The van der Waals surface area contributed by atoms with E-state index in [4.69, 9.17) is 37.9 Å². The Morgan fingerprint density at radius 1 is 0.674 bits per heavy atom. The first-order valence-corrected chi connectivity index (χ1v) is 17.1. The molecule has 6 heterocycles. The third-order valence-electron chi connectivity index (χ3n) is 7.70. The second-order valence-corrected chi connectivity index (χ2v) is 11.5. The summed E-state index contributed by atoms with van der Waals surface area (Å²) in [5.41, 5.74) is 0.814. The minimum Gasteiger partial charge on any atom is -0.456 e. The molecule has 46 heavy (non-hydrogen) atoms. The number of esters is 2. The molecule has 7 fully saturated rings. The summed E-state index contributed by atoms with van der Waals surface area (Å²) in [5, 5.41) is 0. The van der Waals surface area contributed by atoms with Crippen LogP contribution in [0.15, 0.2) is 30.3 Å². The molecule has 0 bridgehead atoms. The summed E-state index contributed by atoms with van der Waals surface area (Å²) < 4.78 is 45.3. The monoisotopic (exact) mass is 732 g/mol. The summed E-state index contributed by atoms with van der Waals surface area (Å²) >= 11 is 0. The average molecular weight is 734 g/mol. The van der Waals surface area contributed by atoms with Crippen LogP contribution in [0.25, 0.3) is 0 Å². The van der Waals surface area contributed by atoms with E-state index in [1.165, 1.54) is 12.8 Å². The van der Waals surface area contributed by atoms with E-state index in [9.17, 15) is 9.59 Å². The molecule has 9 atom stereocenters. The largest absolute Gasteiger partial charge is 0.456 e. The maximum absolute atomic E-state index is 11.3. The number of carbonyl (C=O) groups is 2. The van der Waals surface area contributed by atoms with Crippen molar-refractivity contribution in [3.63, 3.8) is 0 Å².